The second-order valence-electron chi connectivity index (χ2n) is 4.64. The van der Waals surface area contributed by atoms with Gasteiger partial charge in [-0.15, -0.1) is 0 Å². The van der Waals surface area contributed by atoms with E-state index in [1.54, 1.807) is 19.1 Å². The quantitative estimate of drug-likeness (QED) is 0.787. The molecule has 1 heterocycles. The van der Waals surface area contributed by atoms with E-state index in [-0.39, 0.29) is 23.6 Å². The molecule has 90 valence electrons. The van der Waals surface area contributed by atoms with Crippen molar-refractivity contribution in [3.05, 3.63) is 29.8 Å². The van der Waals surface area contributed by atoms with Gasteiger partial charge < -0.3 is 4.74 Å². The zero-order valence-electron chi connectivity index (χ0n) is 10.1. The van der Waals surface area contributed by atoms with E-state index in [9.17, 15) is 9.59 Å². The lowest BCUT2D eigenvalue weighted by Gasteiger charge is -2.16. The number of carbonyl (C=O) groups excluding carboxylic acids is 2. The van der Waals surface area contributed by atoms with Gasteiger partial charge in [0.15, 0.2) is 5.78 Å². The van der Waals surface area contributed by atoms with Crippen LogP contribution in [0.3, 0.4) is 0 Å². The Morgan fingerprint density at radius 3 is 2.82 bits per heavy atom. The maximum atomic E-state index is 12.1. The molecule has 0 radical (unpaired) electrons. The second-order valence-corrected chi connectivity index (χ2v) is 4.64. The number of hydrogen-bond acceptors (Lipinski definition) is 3. The molecule has 1 aromatic carbocycles. The Kier molecular flexibility index (Phi) is 3.27. The Hall–Kier alpha value is -1.64. The predicted octanol–water partition coefficient (Wildman–Crippen LogP) is 2.64. The number of hydrogen-bond donors (Lipinski definition) is 0. The molecule has 1 aromatic rings. The van der Waals surface area contributed by atoms with E-state index in [1.807, 2.05) is 19.1 Å². The summed E-state index contributed by atoms with van der Waals surface area (Å²) in [5.41, 5.74) is 0.631. The van der Waals surface area contributed by atoms with Crippen LogP contribution in [0.25, 0.3) is 0 Å². The van der Waals surface area contributed by atoms with Gasteiger partial charge in [0.1, 0.15) is 17.6 Å². The van der Waals surface area contributed by atoms with Crippen LogP contribution in [-0.4, -0.2) is 17.7 Å². The van der Waals surface area contributed by atoms with Crippen molar-refractivity contribution in [2.45, 2.75) is 32.8 Å². The van der Waals surface area contributed by atoms with Crippen molar-refractivity contribution in [3.8, 4) is 5.75 Å². The van der Waals surface area contributed by atoms with Crippen molar-refractivity contribution >= 4 is 11.6 Å². The Morgan fingerprint density at radius 2 is 2.12 bits per heavy atom. The van der Waals surface area contributed by atoms with Crippen LogP contribution in [0.15, 0.2) is 24.3 Å². The standard InChI is InChI=1S/C14H16O3/c1-9-7-11(8-10(2)15)17-13-6-4-3-5-12(13)14(9)16/h3-6,9,11H,7-8H2,1-2H3. The van der Waals surface area contributed by atoms with Crippen LogP contribution >= 0.6 is 0 Å². The third-order valence-electron chi connectivity index (χ3n) is 3.03. The number of carbonyl (C=O) groups is 2. The zero-order chi connectivity index (χ0) is 12.4. The summed E-state index contributed by atoms with van der Waals surface area (Å²) >= 11 is 0. The second kappa shape index (κ2) is 4.70. The molecule has 0 fully saturated rings. The normalized spacial score (nSPS) is 23.5. The van der Waals surface area contributed by atoms with E-state index in [0.29, 0.717) is 24.2 Å². The van der Waals surface area contributed by atoms with Gasteiger partial charge in [-0.2, -0.15) is 0 Å². The molecule has 2 unspecified atom stereocenters. The first-order valence-corrected chi connectivity index (χ1v) is 5.87. The molecule has 0 spiro atoms. The van der Waals surface area contributed by atoms with Crippen molar-refractivity contribution in [3.63, 3.8) is 0 Å². The summed E-state index contributed by atoms with van der Waals surface area (Å²) in [5.74, 6) is 0.705. The third-order valence-corrected chi connectivity index (χ3v) is 3.03. The fourth-order valence-electron chi connectivity index (χ4n) is 2.21. The topological polar surface area (TPSA) is 43.4 Å². The highest BCUT2D eigenvalue weighted by Gasteiger charge is 2.28. The minimum absolute atomic E-state index is 0.0917. The maximum absolute atomic E-state index is 12.1. The number of Topliss-reactive ketones (excluding diaryl/α,β-unsaturated/α-hetero) is 2. The Bertz CT molecular complexity index is 451. The summed E-state index contributed by atoms with van der Waals surface area (Å²) in [7, 11) is 0. The molecule has 2 rings (SSSR count). The minimum Gasteiger partial charge on any atom is -0.489 e. The highest BCUT2D eigenvalue weighted by atomic mass is 16.5. The monoisotopic (exact) mass is 232 g/mol. The number of fused-ring (bicyclic) bond motifs is 1. The SMILES string of the molecule is CC(=O)CC1CC(C)C(=O)c2ccccc2O1. The molecule has 1 aliphatic heterocycles. The smallest absolute Gasteiger partial charge is 0.169 e. The van der Waals surface area contributed by atoms with Crippen LogP contribution in [-0.2, 0) is 4.79 Å². The molecule has 0 saturated heterocycles. The number of para-hydroxylation sites is 1. The molecule has 0 saturated carbocycles. The van der Waals surface area contributed by atoms with Crippen molar-refractivity contribution in [1.82, 2.24) is 0 Å². The van der Waals surface area contributed by atoms with Crippen LogP contribution in [0.1, 0.15) is 37.0 Å². The maximum Gasteiger partial charge on any atom is 0.169 e. The van der Waals surface area contributed by atoms with Crippen molar-refractivity contribution in [1.29, 1.82) is 0 Å². The zero-order valence-corrected chi connectivity index (χ0v) is 10.1. The Balaban J connectivity index is 2.32. The number of ketones is 2. The van der Waals surface area contributed by atoms with Crippen molar-refractivity contribution in [2.75, 3.05) is 0 Å². The molecule has 0 amide bonds. The molecule has 3 heteroatoms. The number of ether oxygens (including phenoxy) is 1. The van der Waals surface area contributed by atoms with E-state index >= 15 is 0 Å². The first kappa shape index (κ1) is 11.8. The van der Waals surface area contributed by atoms with Gasteiger partial charge >= 0.3 is 0 Å². The predicted molar refractivity (Wildman–Crippen MR) is 64.3 cm³/mol. The largest absolute Gasteiger partial charge is 0.489 e. The van der Waals surface area contributed by atoms with Gasteiger partial charge in [-0.05, 0) is 25.5 Å². The van der Waals surface area contributed by atoms with E-state index in [1.165, 1.54) is 0 Å². The molecule has 0 aromatic heterocycles. The van der Waals surface area contributed by atoms with Gasteiger partial charge in [-0.25, -0.2) is 0 Å². The van der Waals surface area contributed by atoms with E-state index in [0.717, 1.165) is 0 Å². The van der Waals surface area contributed by atoms with Crippen LogP contribution in [0.4, 0.5) is 0 Å². The van der Waals surface area contributed by atoms with E-state index in [2.05, 4.69) is 0 Å². The molecule has 3 nitrogen and oxygen atoms in total. The fraction of sp³-hybridized carbons (Fsp3) is 0.429. The van der Waals surface area contributed by atoms with Gasteiger partial charge in [0.2, 0.25) is 0 Å². The van der Waals surface area contributed by atoms with Gasteiger partial charge in [-0.3, -0.25) is 9.59 Å². The Morgan fingerprint density at radius 1 is 1.41 bits per heavy atom. The number of benzene rings is 1. The lowest BCUT2D eigenvalue weighted by Crippen LogP contribution is -2.22. The molecule has 0 bridgehead atoms. The van der Waals surface area contributed by atoms with Crippen LogP contribution < -0.4 is 4.74 Å². The van der Waals surface area contributed by atoms with Crippen LogP contribution in [0, 0.1) is 5.92 Å². The summed E-state index contributed by atoms with van der Waals surface area (Å²) in [4.78, 5) is 23.3. The van der Waals surface area contributed by atoms with Gasteiger partial charge in [-0.1, -0.05) is 19.1 Å². The highest BCUT2D eigenvalue weighted by Crippen LogP contribution is 2.30. The summed E-state index contributed by atoms with van der Waals surface area (Å²) < 4.78 is 5.77. The van der Waals surface area contributed by atoms with Crippen molar-refractivity contribution < 1.29 is 14.3 Å². The molecule has 0 N–H and O–H groups in total. The first-order valence-electron chi connectivity index (χ1n) is 5.87. The Labute approximate surface area is 101 Å². The summed E-state index contributed by atoms with van der Waals surface area (Å²) in [6, 6.07) is 7.24. The first-order chi connectivity index (χ1) is 8.08. The fourth-order valence-corrected chi connectivity index (χ4v) is 2.21. The minimum atomic E-state index is -0.185. The highest BCUT2D eigenvalue weighted by molar-refractivity contribution is 6.00. The summed E-state index contributed by atoms with van der Waals surface area (Å²) in [5, 5.41) is 0. The summed E-state index contributed by atoms with van der Waals surface area (Å²) in [6.07, 6.45) is 0.786. The molecule has 0 aliphatic carbocycles. The lowest BCUT2D eigenvalue weighted by molar-refractivity contribution is -0.118. The average Bonchev–Trinajstić information content (AvgIpc) is 2.37. The molecular weight excluding hydrogens is 216 g/mol. The number of rotatable bonds is 2. The van der Waals surface area contributed by atoms with Gasteiger partial charge in [0.25, 0.3) is 0 Å². The summed E-state index contributed by atoms with van der Waals surface area (Å²) in [6.45, 7) is 3.44. The molecular formula is C14H16O3. The van der Waals surface area contributed by atoms with E-state index < -0.39 is 0 Å². The molecule has 17 heavy (non-hydrogen) atoms. The molecule has 1 aliphatic rings. The van der Waals surface area contributed by atoms with Crippen LogP contribution in [0.2, 0.25) is 0 Å². The van der Waals surface area contributed by atoms with Gasteiger partial charge in [0.05, 0.1) is 5.56 Å². The molecule has 2 atom stereocenters. The third kappa shape index (κ3) is 2.54. The van der Waals surface area contributed by atoms with Crippen LogP contribution in [0.5, 0.6) is 5.75 Å². The van der Waals surface area contributed by atoms with Gasteiger partial charge in [0, 0.05) is 12.3 Å². The van der Waals surface area contributed by atoms with E-state index in [4.69, 9.17) is 4.74 Å². The van der Waals surface area contributed by atoms with Crippen molar-refractivity contribution in [2.24, 2.45) is 5.92 Å². The lowest BCUT2D eigenvalue weighted by atomic mass is 9.94. The average molecular weight is 232 g/mol.